The Balaban J connectivity index is 2.24. The molecule has 0 aliphatic rings. The zero-order valence-corrected chi connectivity index (χ0v) is 9.90. The van der Waals surface area contributed by atoms with Gasteiger partial charge in [0.05, 0.1) is 11.3 Å². The highest BCUT2D eigenvalue weighted by molar-refractivity contribution is 6.07. The molecular weight excluding hydrogens is 236 g/mol. The summed E-state index contributed by atoms with van der Waals surface area (Å²) in [4.78, 5) is 25.5. The van der Waals surface area contributed by atoms with E-state index in [9.17, 15) is 9.59 Å². The van der Waals surface area contributed by atoms with Gasteiger partial charge in [-0.3, -0.25) is 4.79 Å². The molecule has 0 atom stereocenters. The van der Waals surface area contributed by atoms with Crippen LogP contribution in [0.15, 0.2) is 22.8 Å². The molecule has 2 heterocycles. The molecule has 2 aromatic rings. The second-order valence-corrected chi connectivity index (χ2v) is 3.95. The van der Waals surface area contributed by atoms with E-state index in [-0.39, 0.29) is 11.4 Å². The van der Waals surface area contributed by atoms with E-state index >= 15 is 0 Å². The molecule has 2 aromatic heterocycles. The third-order valence-electron chi connectivity index (χ3n) is 2.41. The van der Waals surface area contributed by atoms with Gasteiger partial charge >= 0.3 is 5.97 Å². The van der Waals surface area contributed by atoms with Crippen molar-refractivity contribution in [3.05, 3.63) is 41.1 Å². The van der Waals surface area contributed by atoms with E-state index in [0.29, 0.717) is 17.0 Å². The van der Waals surface area contributed by atoms with Gasteiger partial charge in [0.2, 0.25) is 0 Å². The van der Waals surface area contributed by atoms with Crippen LogP contribution in [0.5, 0.6) is 0 Å². The standard InChI is InChI=1S/C12H12N2O4/c1-6-3-9(10(13-6)12(16)17)14-11(15)8-4-7(2)18-5-8/h3-5,13H,1-2H3,(H,14,15)(H,16,17). The molecule has 0 radical (unpaired) electrons. The minimum Gasteiger partial charge on any atom is -0.477 e. The number of hydrogen-bond acceptors (Lipinski definition) is 3. The second kappa shape index (κ2) is 4.40. The van der Waals surface area contributed by atoms with Gasteiger partial charge in [-0.05, 0) is 26.0 Å². The summed E-state index contributed by atoms with van der Waals surface area (Å²) in [6.45, 7) is 3.43. The minimum absolute atomic E-state index is 0.0407. The molecule has 0 bridgehead atoms. The quantitative estimate of drug-likeness (QED) is 0.775. The molecule has 0 aliphatic carbocycles. The van der Waals surface area contributed by atoms with Crippen molar-refractivity contribution in [1.29, 1.82) is 0 Å². The minimum atomic E-state index is -1.12. The number of aromatic carboxylic acids is 1. The van der Waals surface area contributed by atoms with Gasteiger partial charge in [0.25, 0.3) is 5.91 Å². The Kier molecular flexibility index (Phi) is 2.93. The van der Waals surface area contributed by atoms with Gasteiger partial charge in [-0.2, -0.15) is 0 Å². The Morgan fingerprint density at radius 3 is 2.61 bits per heavy atom. The number of nitrogens with one attached hydrogen (secondary N) is 2. The van der Waals surface area contributed by atoms with Gasteiger partial charge in [0.1, 0.15) is 17.7 Å². The van der Waals surface area contributed by atoms with Crippen LogP contribution in [0.1, 0.15) is 32.3 Å². The first kappa shape index (κ1) is 12.0. The number of aromatic amines is 1. The number of anilines is 1. The molecular formula is C12H12N2O4. The molecule has 1 amide bonds. The van der Waals surface area contributed by atoms with Gasteiger partial charge in [-0.1, -0.05) is 0 Å². The number of furan rings is 1. The van der Waals surface area contributed by atoms with Crippen LogP contribution in [-0.4, -0.2) is 22.0 Å². The molecule has 0 fully saturated rings. The Bertz CT molecular complexity index is 609. The number of aryl methyl sites for hydroxylation is 2. The highest BCUT2D eigenvalue weighted by Crippen LogP contribution is 2.18. The number of amides is 1. The van der Waals surface area contributed by atoms with Crippen molar-refractivity contribution in [3.63, 3.8) is 0 Å². The maximum Gasteiger partial charge on any atom is 0.354 e. The van der Waals surface area contributed by atoms with E-state index in [1.165, 1.54) is 6.26 Å². The first-order chi connectivity index (χ1) is 8.47. The van der Waals surface area contributed by atoms with Crippen LogP contribution in [0.3, 0.4) is 0 Å². The van der Waals surface area contributed by atoms with E-state index in [1.807, 2.05) is 0 Å². The number of aromatic nitrogens is 1. The fourth-order valence-electron chi connectivity index (χ4n) is 1.61. The van der Waals surface area contributed by atoms with E-state index in [0.717, 1.165) is 0 Å². The number of rotatable bonds is 3. The van der Waals surface area contributed by atoms with Crippen molar-refractivity contribution < 1.29 is 19.1 Å². The summed E-state index contributed by atoms with van der Waals surface area (Å²) in [5, 5.41) is 11.5. The Labute approximate surface area is 103 Å². The van der Waals surface area contributed by atoms with E-state index in [4.69, 9.17) is 9.52 Å². The number of carbonyl (C=O) groups excluding carboxylic acids is 1. The second-order valence-electron chi connectivity index (χ2n) is 3.95. The predicted octanol–water partition coefficient (Wildman–Crippen LogP) is 2.18. The fraction of sp³-hybridized carbons (Fsp3) is 0.167. The smallest absolute Gasteiger partial charge is 0.354 e. The molecule has 6 nitrogen and oxygen atoms in total. The number of carboxylic acids is 1. The topological polar surface area (TPSA) is 95.3 Å². The molecule has 0 unspecified atom stereocenters. The van der Waals surface area contributed by atoms with Crippen LogP contribution in [0.2, 0.25) is 0 Å². The van der Waals surface area contributed by atoms with Gasteiger partial charge < -0.3 is 19.8 Å². The number of carboxylic acid groups (broad SMARTS) is 1. The lowest BCUT2D eigenvalue weighted by Crippen LogP contribution is -2.13. The predicted molar refractivity (Wildman–Crippen MR) is 63.9 cm³/mol. The van der Waals surface area contributed by atoms with Crippen molar-refractivity contribution in [2.75, 3.05) is 5.32 Å². The third-order valence-corrected chi connectivity index (χ3v) is 2.41. The normalized spacial score (nSPS) is 10.3. The van der Waals surface area contributed by atoms with E-state index in [2.05, 4.69) is 10.3 Å². The summed E-state index contributed by atoms with van der Waals surface area (Å²) < 4.78 is 5.02. The van der Waals surface area contributed by atoms with Gasteiger partial charge in [0.15, 0.2) is 0 Å². The molecule has 0 saturated heterocycles. The summed E-state index contributed by atoms with van der Waals surface area (Å²) in [5.41, 5.74) is 1.21. The fourth-order valence-corrected chi connectivity index (χ4v) is 1.61. The zero-order valence-electron chi connectivity index (χ0n) is 9.90. The number of carbonyl (C=O) groups is 2. The highest BCUT2D eigenvalue weighted by atomic mass is 16.4. The van der Waals surface area contributed by atoms with Crippen LogP contribution < -0.4 is 5.32 Å². The van der Waals surface area contributed by atoms with Crippen molar-refractivity contribution in [1.82, 2.24) is 4.98 Å². The Hall–Kier alpha value is -2.50. The van der Waals surface area contributed by atoms with Crippen molar-refractivity contribution in [2.45, 2.75) is 13.8 Å². The molecule has 2 rings (SSSR count). The molecule has 94 valence electrons. The molecule has 6 heteroatoms. The Morgan fingerprint density at radius 1 is 1.33 bits per heavy atom. The van der Waals surface area contributed by atoms with Crippen LogP contribution in [0.25, 0.3) is 0 Å². The molecule has 0 spiro atoms. The highest BCUT2D eigenvalue weighted by Gasteiger charge is 2.17. The summed E-state index contributed by atoms with van der Waals surface area (Å²) in [6, 6.07) is 3.14. The van der Waals surface area contributed by atoms with E-state index in [1.54, 1.807) is 26.0 Å². The first-order valence-corrected chi connectivity index (χ1v) is 5.27. The average Bonchev–Trinajstić information content (AvgIpc) is 2.85. The van der Waals surface area contributed by atoms with Crippen molar-refractivity contribution >= 4 is 17.6 Å². The molecule has 3 N–H and O–H groups in total. The van der Waals surface area contributed by atoms with Crippen molar-refractivity contribution in [3.8, 4) is 0 Å². The van der Waals surface area contributed by atoms with Crippen LogP contribution in [0.4, 0.5) is 5.69 Å². The van der Waals surface area contributed by atoms with Gasteiger partial charge in [0, 0.05) is 5.69 Å². The maximum absolute atomic E-state index is 11.8. The lowest BCUT2D eigenvalue weighted by atomic mass is 10.2. The lowest BCUT2D eigenvalue weighted by Gasteiger charge is -2.01. The van der Waals surface area contributed by atoms with Crippen LogP contribution in [-0.2, 0) is 0 Å². The summed E-state index contributed by atoms with van der Waals surface area (Å²) >= 11 is 0. The van der Waals surface area contributed by atoms with Gasteiger partial charge in [-0.15, -0.1) is 0 Å². The molecule has 0 aromatic carbocycles. The largest absolute Gasteiger partial charge is 0.477 e. The van der Waals surface area contributed by atoms with E-state index < -0.39 is 11.9 Å². The lowest BCUT2D eigenvalue weighted by molar-refractivity contribution is 0.0692. The maximum atomic E-state index is 11.8. The third kappa shape index (κ3) is 2.27. The SMILES string of the molecule is Cc1cc(NC(=O)c2coc(C)c2)c(C(=O)O)[nH]1. The van der Waals surface area contributed by atoms with Crippen LogP contribution >= 0.6 is 0 Å². The summed E-state index contributed by atoms with van der Waals surface area (Å²) in [6.07, 6.45) is 1.32. The monoisotopic (exact) mass is 248 g/mol. The first-order valence-electron chi connectivity index (χ1n) is 5.27. The van der Waals surface area contributed by atoms with Gasteiger partial charge in [-0.25, -0.2) is 4.79 Å². The average molecular weight is 248 g/mol. The van der Waals surface area contributed by atoms with Crippen molar-refractivity contribution in [2.24, 2.45) is 0 Å². The molecule has 18 heavy (non-hydrogen) atoms. The number of H-pyrrole nitrogens is 1. The Morgan fingerprint density at radius 2 is 2.06 bits per heavy atom. The molecule has 0 saturated carbocycles. The van der Waals surface area contributed by atoms with Crippen LogP contribution in [0, 0.1) is 13.8 Å². The zero-order chi connectivity index (χ0) is 13.3. The summed E-state index contributed by atoms with van der Waals surface area (Å²) in [7, 11) is 0. The summed E-state index contributed by atoms with van der Waals surface area (Å²) in [5.74, 6) is -0.918. The molecule has 0 aliphatic heterocycles. The number of hydrogen-bond donors (Lipinski definition) is 3.